The van der Waals surface area contributed by atoms with Gasteiger partial charge in [0.25, 0.3) is 5.91 Å². The number of benzene rings is 1. The first-order chi connectivity index (χ1) is 13.6. The fourth-order valence-corrected chi connectivity index (χ4v) is 4.13. The van der Waals surface area contributed by atoms with Crippen molar-refractivity contribution >= 4 is 35.2 Å². The highest BCUT2D eigenvalue weighted by Crippen LogP contribution is 2.30. The van der Waals surface area contributed by atoms with E-state index in [1.165, 1.54) is 18.9 Å². The first-order valence-corrected chi connectivity index (χ1v) is 10.5. The molecular formula is C20H22ClN3O3S. The van der Waals surface area contributed by atoms with Crippen molar-refractivity contribution in [3.8, 4) is 0 Å². The Morgan fingerprint density at radius 2 is 1.86 bits per heavy atom. The summed E-state index contributed by atoms with van der Waals surface area (Å²) in [5.74, 6) is -0.394. The minimum atomic E-state index is -0.587. The fraction of sp³-hybridized carbons (Fsp3) is 0.350. The van der Waals surface area contributed by atoms with Crippen molar-refractivity contribution in [2.24, 2.45) is 0 Å². The third-order valence-electron chi connectivity index (χ3n) is 4.79. The summed E-state index contributed by atoms with van der Waals surface area (Å²) in [6, 6.07) is 10.3. The summed E-state index contributed by atoms with van der Waals surface area (Å²) in [5.41, 5.74) is 1.33. The monoisotopic (exact) mass is 419 g/mol. The summed E-state index contributed by atoms with van der Waals surface area (Å²) < 4.78 is 5.02. The van der Waals surface area contributed by atoms with Crippen LogP contribution in [0.5, 0.6) is 0 Å². The van der Waals surface area contributed by atoms with E-state index in [9.17, 15) is 9.59 Å². The SMILES string of the molecule is COC(=O)[C@@H](c1ccccc1Cl)N1CCN(C(=O)c2cccnc2SC)CC1. The Balaban J connectivity index is 1.75. The molecule has 1 fully saturated rings. The first kappa shape index (κ1) is 20.6. The minimum absolute atomic E-state index is 0.0375. The number of esters is 1. The number of pyridine rings is 1. The van der Waals surface area contributed by atoms with Gasteiger partial charge in [0.1, 0.15) is 11.1 Å². The standard InChI is InChI=1S/C20H22ClN3O3S/c1-27-20(26)17(14-6-3-4-8-16(14)21)23-10-12-24(13-11-23)19(25)15-7-5-9-22-18(15)28-2/h3-9,17H,10-13H2,1-2H3/t17-/m1/s1. The van der Waals surface area contributed by atoms with Gasteiger partial charge in [-0.15, -0.1) is 11.8 Å². The molecule has 0 aliphatic carbocycles. The summed E-state index contributed by atoms with van der Waals surface area (Å²) >= 11 is 7.78. The van der Waals surface area contributed by atoms with Crippen molar-refractivity contribution in [3.05, 3.63) is 58.7 Å². The molecule has 28 heavy (non-hydrogen) atoms. The second-order valence-corrected chi connectivity index (χ2v) is 7.54. The van der Waals surface area contributed by atoms with Gasteiger partial charge in [0.05, 0.1) is 12.7 Å². The van der Waals surface area contributed by atoms with Crippen molar-refractivity contribution < 1.29 is 14.3 Å². The number of halogens is 1. The van der Waals surface area contributed by atoms with Crippen LogP contribution >= 0.6 is 23.4 Å². The van der Waals surface area contributed by atoms with Crippen LogP contribution in [0.3, 0.4) is 0 Å². The Labute approximate surface area is 173 Å². The zero-order valence-corrected chi connectivity index (χ0v) is 17.4. The molecule has 0 bridgehead atoms. The smallest absolute Gasteiger partial charge is 0.327 e. The topological polar surface area (TPSA) is 62.7 Å². The molecule has 0 spiro atoms. The number of aromatic nitrogens is 1. The van der Waals surface area contributed by atoms with Gasteiger partial charge in [0.2, 0.25) is 0 Å². The third kappa shape index (κ3) is 4.32. The molecule has 148 valence electrons. The van der Waals surface area contributed by atoms with Crippen LogP contribution in [-0.2, 0) is 9.53 Å². The Bertz CT molecular complexity index is 856. The van der Waals surface area contributed by atoms with Gasteiger partial charge in [-0.1, -0.05) is 29.8 Å². The average molecular weight is 420 g/mol. The molecule has 2 aromatic rings. The molecule has 6 nitrogen and oxygen atoms in total. The van der Waals surface area contributed by atoms with Crippen LogP contribution in [-0.4, -0.2) is 66.2 Å². The summed E-state index contributed by atoms with van der Waals surface area (Å²) in [6.45, 7) is 2.12. The van der Waals surface area contributed by atoms with Gasteiger partial charge in [-0.2, -0.15) is 0 Å². The van der Waals surface area contributed by atoms with Crippen LogP contribution < -0.4 is 0 Å². The van der Waals surface area contributed by atoms with Gasteiger partial charge in [0, 0.05) is 37.4 Å². The number of nitrogens with zero attached hydrogens (tertiary/aromatic N) is 3. The Hall–Kier alpha value is -2.09. The number of hydrogen-bond acceptors (Lipinski definition) is 6. The molecule has 1 saturated heterocycles. The average Bonchev–Trinajstić information content (AvgIpc) is 2.75. The zero-order valence-electron chi connectivity index (χ0n) is 15.8. The van der Waals surface area contributed by atoms with Crippen LogP contribution in [0.2, 0.25) is 5.02 Å². The number of carbonyl (C=O) groups is 2. The lowest BCUT2D eigenvalue weighted by Crippen LogP contribution is -2.51. The second-order valence-electron chi connectivity index (χ2n) is 6.34. The molecule has 1 atom stereocenters. The Morgan fingerprint density at radius 1 is 1.14 bits per heavy atom. The number of thioether (sulfide) groups is 1. The lowest BCUT2D eigenvalue weighted by atomic mass is 10.0. The zero-order chi connectivity index (χ0) is 20.1. The van der Waals surface area contributed by atoms with Gasteiger partial charge in [-0.05, 0) is 30.0 Å². The second kappa shape index (κ2) is 9.41. The molecule has 1 aromatic heterocycles. The Morgan fingerprint density at radius 3 is 2.50 bits per heavy atom. The molecule has 1 amide bonds. The molecule has 0 unspecified atom stereocenters. The van der Waals surface area contributed by atoms with Crippen molar-refractivity contribution in [1.29, 1.82) is 0 Å². The van der Waals surface area contributed by atoms with E-state index in [0.29, 0.717) is 42.3 Å². The molecule has 0 saturated carbocycles. The molecule has 0 radical (unpaired) electrons. The number of carbonyl (C=O) groups excluding carboxylic acids is 2. The highest BCUT2D eigenvalue weighted by atomic mass is 35.5. The molecular weight excluding hydrogens is 398 g/mol. The van der Waals surface area contributed by atoms with Crippen LogP contribution in [0.25, 0.3) is 0 Å². The van der Waals surface area contributed by atoms with Crippen LogP contribution in [0, 0.1) is 0 Å². The number of hydrogen-bond donors (Lipinski definition) is 0. The molecule has 8 heteroatoms. The van der Waals surface area contributed by atoms with Crippen molar-refractivity contribution in [2.45, 2.75) is 11.1 Å². The highest BCUT2D eigenvalue weighted by Gasteiger charge is 2.34. The van der Waals surface area contributed by atoms with E-state index in [-0.39, 0.29) is 11.9 Å². The lowest BCUT2D eigenvalue weighted by Gasteiger charge is -2.38. The normalized spacial score (nSPS) is 15.9. The van der Waals surface area contributed by atoms with E-state index in [1.807, 2.05) is 29.4 Å². The van der Waals surface area contributed by atoms with Gasteiger partial charge in [-0.3, -0.25) is 9.69 Å². The quantitative estimate of drug-likeness (QED) is 0.548. The van der Waals surface area contributed by atoms with E-state index in [4.69, 9.17) is 16.3 Å². The van der Waals surface area contributed by atoms with Gasteiger partial charge in [0.15, 0.2) is 0 Å². The summed E-state index contributed by atoms with van der Waals surface area (Å²) in [4.78, 5) is 33.5. The maximum absolute atomic E-state index is 12.9. The van der Waals surface area contributed by atoms with E-state index in [2.05, 4.69) is 4.98 Å². The summed E-state index contributed by atoms with van der Waals surface area (Å²) in [5, 5.41) is 1.25. The molecule has 0 N–H and O–H groups in total. The number of piperazine rings is 1. The van der Waals surface area contributed by atoms with E-state index in [0.717, 1.165) is 5.03 Å². The molecule has 2 heterocycles. The molecule has 1 aliphatic rings. The maximum atomic E-state index is 12.9. The summed E-state index contributed by atoms with van der Waals surface area (Å²) in [7, 11) is 1.37. The fourth-order valence-electron chi connectivity index (χ4n) is 3.35. The number of ether oxygens (including phenoxy) is 1. The van der Waals surface area contributed by atoms with E-state index < -0.39 is 6.04 Å². The third-order valence-corrected chi connectivity index (χ3v) is 5.84. The lowest BCUT2D eigenvalue weighted by molar-refractivity contribution is -0.148. The maximum Gasteiger partial charge on any atom is 0.327 e. The van der Waals surface area contributed by atoms with Crippen LogP contribution in [0.4, 0.5) is 0 Å². The largest absolute Gasteiger partial charge is 0.468 e. The van der Waals surface area contributed by atoms with E-state index in [1.54, 1.807) is 29.3 Å². The highest BCUT2D eigenvalue weighted by molar-refractivity contribution is 7.98. The van der Waals surface area contributed by atoms with Gasteiger partial charge < -0.3 is 9.64 Å². The summed E-state index contributed by atoms with van der Waals surface area (Å²) in [6.07, 6.45) is 3.59. The minimum Gasteiger partial charge on any atom is -0.468 e. The van der Waals surface area contributed by atoms with Crippen molar-refractivity contribution in [3.63, 3.8) is 0 Å². The van der Waals surface area contributed by atoms with Crippen molar-refractivity contribution in [2.75, 3.05) is 39.5 Å². The van der Waals surface area contributed by atoms with Crippen molar-refractivity contribution in [1.82, 2.24) is 14.8 Å². The van der Waals surface area contributed by atoms with Gasteiger partial charge >= 0.3 is 5.97 Å². The number of rotatable bonds is 5. The molecule has 3 rings (SSSR count). The van der Waals surface area contributed by atoms with Crippen LogP contribution in [0.15, 0.2) is 47.6 Å². The molecule has 1 aliphatic heterocycles. The number of methoxy groups -OCH3 is 1. The van der Waals surface area contributed by atoms with Gasteiger partial charge in [-0.25, -0.2) is 9.78 Å². The Kier molecular flexibility index (Phi) is 6.93. The first-order valence-electron chi connectivity index (χ1n) is 8.91. The molecule has 1 aromatic carbocycles. The van der Waals surface area contributed by atoms with Crippen LogP contribution in [0.1, 0.15) is 22.0 Å². The predicted molar refractivity (Wildman–Crippen MR) is 110 cm³/mol. The van der Waals surface area contributed by atoms with E-state index >= 15 is 0 Å². The predicted octanol–water partition coefficient (Wildman–Crippen LogP) is 3.13. The number of amides is 1.